The summed E-state index contributed by atoms with van der Waals surface area (Å²) < 4.78 is 1.89. The van der Waals surface area contributed by atoms with Crippen LogP contribution in [0, 0.1) is 0 Å². The Morgan fingerprint density at radius 1 is 1.53 bits per heavy atom. The number of carboxylic acid groups (broad SMARTS) is 1. The molecule has 0 radical (unpaired) electrons. The maximum Gasteiger partial charge on any atom is 0.352 e. The maximum atomic E-state index is 10.8. The Morgan fingerprint density at radius 3 is 3.00 bits per heavy atom. The van der Waals surface area contributed by atoms with Gasteiger partial charge in [-0.15, -0.1) is 11.3 Å². The summed E-state index contributed by atoms with van der Waals surface area (Å²) in [6.07, 6.45) is 5.11. The van der Waals surface area contributed by atoms with Crippen LogP contribution in [0.5, 0.6) is 0 Å². The fraction of sp³-hybridized carbons (Fsp3) is 0.0833. The minimum absolute atomic E-state index is 0.157. The van der Waals surface area contributed by atoms with Crippen molar-refractivity contribution in [2.45, 2.75) is 0 Å². The Morgan fingerprint density at radius 2 is 2.37 bits per heavy atom. The van der Waals surface area contributed by atoms with Crippen molar-refractivity contribution in [2.75, 3.05) is 0 Å². The van der Waals surface area contributed by atoms with Gasteiger partial charge in [0.05, 0.1) is 23.9 Å². The lowest BCUT2D eigenvalue weighted by molar-refractivity contribution is 0.0691. The topological polar surface area (TPSA) is 83.8 Å². The predicted octanol–water partition coefficient (Wildman–Crippen LogP) is 2.24. The van der Waals surface area contributed by atoms with Gasteiger partial charge in [-0.2, -0.15) is 0 Å². The number of carboxylic acids is 1. The number of aromatic nitrogens is 4. The van der Waals surface area contributed by atoms with Gasteiger partial charge >= 0.3 is 5.97 Å². The van der Waals surface area contributed by atoms with Crippen LogP contribution >= 0.6 is 11.3 Å². The maximum absolute atomic E-state index is 10.8. The average Bonchev–Trinajstić information content (AvgIpc) is 3.07. The Labute approximate surface area is 112 Å². The molecule has 2 N–H and O–H groups in total. The summed E-state index contributed by atoms with van der Waals surface area (Å²) >= 11 is 1.50. The summed E-state index contributed by atoms with van der Waals surface area (Å²) in [7, 11) is 1.90. The molecule has 6 nitrogen and oxygen atoms in total. The first-order chi connectivity index (χ1) is 9.15. The van der Waals surface area contributed by atoms with Gasteiger partial charge in [0.1, 0.15) is 10.7 Å². The molecule has 0 amide bonds. The molecular formula is C12H10N4O2S. The van der Waals surface area contributed by atoms with E-state index in [1.807, 2.05) is 17.0 Å². The summed E-state index contributed by atoms with van der Waals surface area (Å²) in [6.45, 7) is 0. The molecule has 0 aliphatic rings. The third-order valence-electron chi connectivity index (χ3n) is 2.75. The first kappa shape index (κ1) is 11.7. The van der Waals surface area contributed by atoms with Crippen molar-refractivity contribution in [2.24, 2.45) is 7.05 Å². The summed E-state index contributed by atoms with van der Waals surface area (Å²) in [6, 6.07) is 1.57. The highest BCUT2D eigenvalue weighted by Crippen LogP contribution is 2.28. The van der Waals surface area contributed by atoms with Crippen LogP contribution in [0.4, 0.5) is 0 Å². The van der Waals surface area contributed by atoms with Gasteiger partial charge in [0.25, 0.3) is 0 Å². The largest absolute Gasteiger partial charge is 0.477 e. The van der Waals surface area contributed by atoms with Gasteiger partial charge in [-0.25, -0.2) is 14.8 Å². The fourth-order valence-corrected chi connectivity index (χ4v) is 2.63. The van der Waals surface area contributed by atoms with Gasteiger partial charge in [0, 0.05) is 24.2 Å². The first-order valence-electron chi connectivity index (χ1n) is 5.49. The Bertz CT molecular complexity index is 740. The van der Waals surface area contributed by atoms with Crippen LogP contribution in [0.15, 0.2) is 30.2 Å². The number of rotatable bonds is 3. The molecule has 0 aliphatic heterocycles. The van der Waals surface area contributed by atoms with Gasteiger partial charge in [-0.05, 0) is 6.07 Å². The molecule has 0 fully saturated rings. The molecule has 7 heteroatoms. The second kappa shape index (κ2) is 4.36. The van der Waals surface area contributed by atoms with E-state index in [0.29, 0.717) is 0 Å². The van der Waals surface area contributed by atoms with E-state index in [-0.39, 0.29) is 5.69 Å². The molecule has 3 heterocycles. The van der Waals surface area contributed by atoms with Crippen LogP contribution in [-0.2, 0) is 7.05 Å². The summed E-state index contributed by atoms with van der Waals surface area (Å²) in [5, 5.41) is 11.6. The Kier molecular flexibility index (Phi) is 2.68. The molecule has 0 atom stereocenters. The lowest BCUT2D eigenvalue weighted by Crippen LogP contribution is -1.94. The van der Waals surface area contributed by atoms with Crippen LogP contribution in [0.3, 0.4) is 0 Å². The van der Waals surface area contributed by atoms with Crippen LogP contribution in [-0.4, -0.2) is 30.6 Å². The molecular weight excluding hydrogens is 264 g/mol. The normalized spacial score (nSPS) is 10.8. The van der Waals surface area contributed by atoms with Crippen LogP contribution < -0.4 is 0 Å². The highest BCUT2D eigenvalue weighted by atomic mass is 32.1. The quantitative estimate of drug-likeness (QED) is 0.767. The fourth-order valence-electron chi connectivity index (χ4n) is 1.75. The molecule has 19 heavy (non-hydrogen) atoms. The lowest BCUT2D eigenvalue weighted by Gasteiger charge is -1.95. The van der Waals surface area contributed by atoms with Gasteiger partial charge in [0.2, 0.25) is 0 Å². The molecule has 3 rings (SSSR count). The van der Waals surface area contributed by atoms with E-state index in [2.05, 4.69) is 15.0 Å². The standard InChI is InChI=1S/C12H10N4O2S/c1-16-6-13-4-10(16)11-15-9(5-19-11)7-2-8(12(17)18)14-3-7/h2-6,14H,1H3,(H,17,18). The molecule has 0 unspecified atom stereocenters. The zero-order valence-corrected chi connectivity index (χ0v) is 10.8. The monoisotopic (exact) mass is 274 g/mol. The van der Waals surface area contributed by atoms with Crippen LogP contribution in [0.2, 0.25) is 0 Å². The zero-order chi connectivity index (χ0) is 13.4. The molecule has 0 aliphatic carbocycles. The average molecular weight is 274 g/mol. The summed E-state index contributed by atoms with van der Waals surface area (Å²) in [5.74, 6) is -0.978. The number of nitrogens with one attached hydrogen (secondary N) is 1. The molecule has 0 saturated carbocycles. The number of carbonyl (C=O) groups is 1. The molecule has 0 saturated heterocycles. The van der Waals surface area contributed by atoms with Crippen molar-refractivity contribution < 1.29 is 9.90 Å². The molecule has 3 aromatic rings. The highest BCUT2D eigenvalue weighted by molar-refractivity contribution is 7.13. The van der Waals surface area contributed by atoms with Crippen LogP contribution in [0.1, 0.15) is 10.5 Å². The van der Waals surface area contributed by atoms with E-state index >= 15 is 0 Å². The number of nitrogens with zero attached hydrogens (tertiary/aromatic N) is 3. The van der Waals surface area contributed by atoms with Crippen molar-refractivity contribution in [3.05, 3.63) is 35.9 Å². The number of hydrogen-bond donors (Lipinski definition) is 2. The van der Waals surface area contributed by atoms with E-state index in [1.165, 1.54) is 11.3 Å². The molecule has 0 aromatic carbocycles. The van der Waals surface area contributed by atoms with Gasteiger partial charge < -0.3 is 14.7 Å². The Balaban J connectivity index is 1.97. The summed E-state index contributed by atoms with van der Waals surface area (Å²) in [5.41, 5.74) is 2.61. The third kappa shape index (κ3) is 2.04. The second-order valence-electron chi connectivity index (χ2n) is 4.03. The molecule has 3 aromatic heterocycles. The lowest BCUT2D eigenvalue weighted by atomic mass is 10.2. The number of hydrogen-bond acceptors (Lipinski definition) is 4. The number of aromatic carboxylic acids is 1. The third-order valence-corrected chi connectivity index (χ3v) is 3.61. The summed E-state index contributed by atoms with van der Waals surface area (Å²) in [4.78, 5) is 22.1. The van der Waals surface area contributed by atoms with E-state index < -0.39 is 5.97 Å². The van der Waals surface area contributed by atoms with Crippen molar-refractivity contribution in [3.8, 4) is 22.0 Å². The number of H-pyrrole nitrogens is 1. The van der Waals surface area contributed by atoms with Crippen molar-refractivity contribution in [1.29, 1.82) is 0 Å². The van der Waals surface area contributed by atoms with Crippen molar-refractivity contribution >= 4 is 17.3 Å². The zero-order valence-electron chi connectivity index (χ0n) is 9.99. The molecule has 96 valence electrons. The van der Waals surface area contributed by atoms with Gasteiger partial charge in [-0.1, -0.05) is 0 Å². The van der Waals surface area contributed by atoms with E-state index in [4.69, 9.17) is 5.11 Å². The van der Waals surface area contributed by atoms with Gasteiger partial charge in [0.15, 0.2) is 0 Å². The minimum Gasteiger partial charge on any atom is -0.477 e. The smallest absolute Gasteiger partial charge is 0.352 e. The number of imidazole rings is 1. The van der Waals surface area contributed by atoms with E-state index in [9.17, 15) is 4.79 Å². The van der Waals surface area contributed by atoms with Gasteiger partial charge in [-0.3, -0.25) is 0 Å². The van der Waals surface area contributed by atoms with Crippen molar-refractivity contribution in [3.63, 3.8) is 0 Å². The van der Waals surface area contributed by atoms with E-state index in [1.54, 1.807) is 24.8 Å². The number of aryl methyl sites for hydroxylation is 1. The number of thiazole rings is 1. The second-order valence-corrected chi connectivity index (χ2v) is 4.89. The van der Waals surface area contributed by atoms with E-state index in [0.717, 1.165) is 22.0 Å². The first-order valence-corrected chi connectivity index (χ1v) is 6.37. The molecule has 0 spiro atoms. The predicted molar refractivity (Wildman–Crippen MR) is 71.1 cm³/mol. The van der Waals surface area contributed by atoms with Crippen molar-refractivity contribution in [1.82, 2.24) is 19.5 Å². The Hall–Kier alpha value is -2.41. The van der Waals surface area contributed by atoms with Crippen LogP contribution in [0.25, 0.3) is 22.0 Å². The molecule has 0 bridgehead atoms. The number of aromatic amines is 1. The highest BCUT2D eigenvalue weighted by Gasteiger charge is 2.12. The minimum atomic E-state index is -0.978. The SMILES string of the molecule is Cn1cncc1-c1nc(-c2c[nH]c(C(=O)O)c2)cs1.